The van der Waals surface area contributed by atoms with Gasteiger partial charge in [0.05, 0.1) is 6.04 Å². The molecule has 1 unspecified atom stereocenters. The number of likely N-dealkylation sites (tertiary alicyclic amines) is 1. The number of rotatable bonds is 2. The van der Waals surface area contributed by atoms with E-state index in [0.717, 1.165) is 31.2 Å². The van der Waals surface area contributed by atoms with Gasteiger partial charge in [0.25, 0.3) is 0 Å². The SMILES string of the molecule is Cc1ccc(NC(=O)N2CCCCCC2c2ccc(Cl)cc2)cc1F. The maximum absolute atomic E-state index is 13.7. The van der Waals surface area contributed by atoms with E-state index in [1.54, 1.807) is 19.1 Å². The number of carbonyl (C=O) groups excluding carboxylic acids is 1. The van der Waals surface area contributed by atoms with Gasteiger partial charge in [-0.2, -0.15) is 0 Å². The summed E-state index contributed by atoms with van der Waals surface area (Å²) in [6, 6.07) is 12.2. The molecule has 1 aliphatic rings. The number of anilines is 1. The maximum Gasteiger partial charge on any atom is 0.322 e. The third kappa shape index (κ3) is 4.31. The molecule has 1 heterocycles. The summed E-state index contributed by atoms with van der Waals surface area (Å²) in [5.74, 6) is -0.317. The molecule has 0 radical (unpaired) electrons. The lowest BCUT2D eigenvalue weighted by molar-refractivity contribution is 0.189. The minimum atomic E-state index is -0.317. The standard InChI is InChI=1S/C20H22ClFN2O/c1-14-6-11-17(13-18(14)22)23-20(25)24-12-4-2-3-5-19(24)15-7-9-16(21)10-8-15/h6-11,13,19H,2-5,12H2,1H3,(H,23,25). The Morgan fingerprint density at radius 2 is 1.92 bits per heavy atom. The number of halogens is 2. The van der Waals surface area contributed by atoms with Crippen LogP contribution in [0.3, 0.4) is 0 Å². The molecule has 0 aromatic heterocycles. The second-order valence-electron chi connectivity index (χ2n) is 6.50. The van der Waals surface area contributed by atoms with Crippen molar-refractivity contribution in [1.29, 1.82) is 0 Å². The number of benzene rings is 2. The summed E-state index contributed by atoms with van der Waals surface area (Å²) < 4.78 is 13.7. The van der Waals surface area contributed by atoms with Gasteiger partial charge in [0.15, 0.2) is 0 Å². The summed E-state index contributed by atoms with van der Waals surface area (Å²) in [5, 5.41) is 3.52. The van der Waals surface area contributed by atoms with E-state index in [-0.39, 0.29) is 17.9 Å². The highest BCUT2D eigenvalue weighted by Gasteiger charge is 2.27. The number of hydrogen-bond donors (Lipinski definition) is 1. The van der Waals surface area contributed by atoms with Crippen LogP contribution < -0.4 is 5.32 Å². The number of nitrogens with one attached hydrogen (secondary N) is 1. The highest BCUT2D eigenvalue weighted by molar-refractivity contribution is 6.30. The molecular formula is C20H22ClFN2O. The predicted molar refractivity (Wildman–Crippen MR) is 99.5 cm³/mol. The molecule has 1 atom stereocenters. The molecule has 1 fully saturated rings. The van der Waals surface area contributed by atoms with Gasteiger partial charge >= 0.3 is 6.03 Å². The quantitative estimate of drug-likeness (QED) is 0.706. The summed E-state index contributed by atoms with van der Waals surface area (Å²) in [6.45, 7) is 2.39. The molecule has 0 saturated carbocycles. The monoisotopic (exact) mass is 360 g/mol. The lowest BCUT2D eigenvalue weighted by Gasteiger charge is -2.30. The van der Waals surface area contributed by atoms with E-state index in [1.807, 2.05) is 29.2 Å². The molecular weight excluding hydrogens is 339 g/mol. The smallest absolute Gasteiger partial charge is 0.317 e. The number of aryl methyl sites for hydroxylation is 1. The molecule has 3 nitrogen and oxygen atoms in total. The summed E-state index contributed by atoms with van der Waals surface area (Å²) >= 11 is 5.99. The number of nitrogens with zero attached hydrogens (tertiary/aromatic N) is 1. The van der Waals surface area contributed by atoms with Crippen molar-refractivity contribution in [3.63, 3.8) is 0 Å². The van der Waals surface area contributed by atoms with E-state index in [4.69, 9.17) is 11.6 Å². The van der Waals surface area contributed by atoms with Gasteiger partial charge in [0.2, 0.25) is 0 Å². The molecule has 3 rings (SSSR count). The first-order valence-corrected chi connectivity index (χ1v) is 9.01. The fourth-order valence-electron chi connectivity index (χ4n) is 3.25. The molecule has 0 aliphatic carbocycles. The minimum Gasteiger partial charge on any atom is -0.317 e. The van der Waals surface area contributed by atoms with Crippen LogP contribution in [0, 0.1) is 12.7 Å². The van der Waals surface area contributed by atoms with Gasteiger partial charge in [-0.05, 0) is 55.2 Å². The van der Waals surface area contributed by atoms with E-state index in [1.165, 1.54) is 6.07 Å². The van der Waals surface area contributed by atoms with Crippen molar-refractivity contribution in [3.05, 3.63) is 64.4 Å². The van der Waals surface area contributed by atoms with Gasteiger partial charge in [-0.3, -0.25) is 0 Å². The molecule has 132 valence electrons. The molecule has 1 saturated heterocycles. The lowest BCUT2D eigenvalue weighted by atomic mass is 10.0. The van der Waals surface area contributed by atoms with Gasteiger partial charge in [-0.25, -0.2) is 9.18 Å². The Balaban J connectivity index is 1.81. The van der Waals surface area contributed by atoms with E-state index in [2.05, 4.69) is 5.32 Å². The van der Waals surface area contributed by atoms with Crippen LogP contribution in [0.2, 0.25) is 5.02 Å². The highest BCUT2D eigenvalue weighted by Crippen LogP contribution is 2.31. The Labute approximate surface area is 152 Å². The van der Waals surface area contributed by atoms with Crippen LogP contribution in [0.15, 0.2) is 42.5 Å². The predicted octanol–water partition coefficient (Wildman–Crippen LogP) is 5.94. The average Bonchev–Trinajstić information content (AvgIpc) is 2.85. The molecule has 5 heteroatoms. The molecule has 1 N–H and O–H groups in total. The van der Waals surface area contributed by atoms with Gasteiger partial charge in [-0.15, -0.1) is 0 Å². The van der Waals surface area contributed by atoms with Crippen molar-refractivity contribution < 1.29 is 9.18 Å². The van der Waals surface area contributed by atoms with Crippen LogP contribution in [0.1, 0.15) is 42.9 Å². The van der Waals surface area contributed by atoms with Gasteiger partial charge in [-0.1, -0.05) is 42.6 Å². The number of hydrogen-bond acceptors (Lipinski definition) is 1. The molecule has 2 amide bonds. The first-order chi connectivity index (χ1) is 12.0. The lowest BCUT2D eigenvalue weighted by Crippen LogP contribution is -2.38. The molecule has 2 aromatic rings. The molecule has 0 spiro atoms. The zero-order valence-electron chi connectivity index (χ0n) is 14.3. The van der Waals surface area contributed by atoms with Crippen LogP contribution in [0.4, 0.5) is 14.9 Å². The number of carbonyl (C=O) groups is 1. The summed E-state index contributed by atoms with van der Waals surface area (Å²) in [7, 11) is 0. The van der Waals surface area contributed by atoms with Gasteiger partial charge < -0.3 is 10.2 Å². The fourth-order valence-corrected chi connectivity index (χ4v) is 3.37. The van der Waals surface area contributed by atoms with Crippen LogP contribution >= 0.6 is 11.6 Å². The van der Waals surface area contributed by atoms with Crippen molar-refractivity contribution in [1.82, 2.24) is 4.90 Å². The Morgan fingerprint density at radius 3 is 2.64 bits per heavy atom. The molecule has 25 heavy (non-hydrogen) atoms. The largest absolute Gasteiger partial charge is 0.322 e. The van der Waals surface area contributed by atoms with E-state index < -0.39 is 0 Å². The maximum atomic E-state index is 13.7. The highest BCUT2D eigenvalue weighted by atomic mass is 35.5. The fraction of sp³-hybridized carbons (Fsp3) is 0.350. The molecule has 0 bridgehead atoms. The van der Waals surface area contributed by atoms with Crippen LogP contribution in [0.5, 0.6) is 0 Å². The molecule has 1 aliphatic heterocycles. The normalized spacial score (nSPS) is 17.9. The Morgan fingerprint density at radius 1 is 1.16 bits per heavy atom. The first-order valence-electron chi connectivity index (χ1n) is 8.64. The Hall–Kier alpha value is -2.07. The zero-order valence-corrected chi connectivity index (χ0v) is 15.0. The second kappa shape index (κ2) is 7.87. The van der Waals surface area contributed by atoms with Crippen molar-refractivity contribution in [2.45, 2.75) is 38.6 Å². The van der Waals surface area contributed by atoms with E-state index in [0.29, 0.717) is 22.8 Å². The third-order valence-electron chi connectivity index (χ3n) is 4.69. The van der Waals surface area contributed by atoms with Gasteiger partial charge in [0.1, 0.15) is 5.82 Å². The van der Waals surface area contributed by atoms with Crippen molar-refractivity contribution >= 4 is 23.3 Å². The van der Waals surface area contributed by atoms with Crippen molar-refractivity contribution in [3.8, 4) is 0 Å². The summed E-state index contributed by atoms with van der Waals surface area (Å²) in [4.78, 5) is 14.7. The first kappa shape index (κ1) is 17.7. The van der Waals surface area contributed by atoms with Crippen molar-refractivity contribution in [2.24, 2.45) is 0 Å². The number of amides is 2. The Kier molecular flexibility index (Phi) is 5.59. The molecule has 2 aromatic carbocycles. The third-order valence-corrected chi connectivity index (χ3v) is 4.94. The summed E-state index contributed by atoms with van der Waals surface area (Å²) in [6.07, 6.45) is 4.07. The van der Waals surface area contributed by atoms with Crippen LogP contribution in [-0.2, 0) is 0 Å². The average molecular weight is 361 g/mol. The topological polar surface area (TPSA) is 32.3 Å². The second-order valence-corrected chi connectivity index (χ2v) is 6.94. The van der Waals surface area contributed by atoms with Gasteiger partial charge in [0, 0.05) is 17.3 Å². The van der Waals surface area contributed by atoms with Crippen molar-refractivity contribution in [2.75, 3.05) is 11.9 Å². The zero-order chi connectivity index (χ0) is 17.8. The van der Waals surface area contributed by atoms with Crippen LogP contribution in [-0.4, -0.2) is 17.5 Å². The van der Waals surface area contributed by atoms with E-state index in [9.17, 15) is 9.18 Å². The van der Waals surface area contributed by atoms with E-state index >= 15 is 0 Å². The summed E-state index contributed by atoms with van der Waals surface area (Å²) in [5.41, 5.74) is 2.12. The number of urea groups is 1. The Bertz CT molecular complexity index is 748. The van der Waals surface area contributed by atoms with Crippen LogP contribution in [0.25, 0.3) is 0 Å². The minimum absolute atomic E-state index is 0.00932.